The van der Waals surface area contributed by atoms with Crippen molar-refractivity contribution in [2.75, 3.05) is 0 Å². The quantitative estimate of drug-likeness (QED) is 0.555. The van der Waals surface area contributed by atoms with E-state index in [1.807, 2.05) is 19.9 Å². The lowest BCUT2D eigenvalue weighted by atomic mass is 10.1. The number of fused-ring (bicyclic) bond motifs is 1. The number of hydrogen-bond donors (Lipinski definition) is 0. The van der Waals surface area contributed by atoms with E-state index in [4.69, 9.17) is 9.05 Å². The van der Waals surface area contributed by atoms with Crippen LogP contribution in [-0.4, -0.2) is 30.2 Å². The van der Waals surface area contributed by atoms with Crippen molar-refractivity contribution in [3.63, 3.8) is 0 Å². The Morgan fingerprint density at radius 3 is 2.73 bits per heavy atom. The molecule has 22 heavy (non-hydrogen) atoms. The van der Waals surface area contributed by atoms with Crippen LogP contribution in [0.25, 0.3) is 34.1 Å². The zero-order valence-electron chi connectivity index (χ0n) is 11.8. The predicted octanol–water partition coefficient (Wildman–Crippen LogP) is 2.35. The van der Waals surface area contributed by atoms with Crippen molar-refractivity contribution >= 4 is 11.1 Å². The van der Waals surface area contributed by atoms with Crippen LogP contribution in [-0.2, 0) is 0 Å². The fourth-order valence-corrected chi connectivity index (χ4v) is 2.24. The zero-order chi connectivity index (χ0) is 15.1. The van der Waals surface area contributed by atoms with E-state index in [2.05, 4.69) is 30.2 Å². The van der Waals surface area contributed by atoms with Gasteiger partial charge in [-0.05, 0) is 19.9 Å². The van der Waals surface area contributed by atoms with Crippen molar-refractivity contribution in [3.8, 4) is 23.0 Å². The molecule has 0 amide bonds. The monoisotopic (exact) mass is 294 g/mol. The molecule has 0 saturated heterocycles. The van der Waals surface area contributed by atoms with Crippen LogP contribution in [0.5, 0.6) is 0 Å². The number of nitrogens with zero attached hydrogens (tertiary/aromatic N) is 6. The lowest BCUT2D eigenvalue weighted by Crippen LogP contribution is -1.89. The van der Waals surface area contributed by atoms with Crippen LogP contribution in [0.2, 0.25) is 0 Å². The summed E-state index contributed by atoms with van der Waals surface area (Å²) in [6, 6.07) is 1.86. The summed E-state index contributed by atoms with van der Waals surface area (Å²) in [6.45, 7) is 3.70. The summed E-state index contributed by atoms with van der Waals surface area (Å²) in [5.74, 6) is 0.738. The van der Waals surface area contributed by atoms with E-state index in [1.165, 1.54) is 0 Å². The largest absolute Gasteiger partial charge is 0.336 e. The summed E-state index contributed by atoms with van der Waals surface area (Å²) in [5, 5.41) is 8.66. The molecule has 4 aromatic heterocycles. The Morgan fingerprint density at radius 2 is 1.91 bits per heavy atom. The van der Waals surface area contributed by atoms with Crippen LogP contribution in [0.1, 0.15) is 11.4 Å². The van der Waals surface area contributed by atoms with Gasteiger partial charge >= 0.3 is 0 Å². The molecule has 0 radical (unpaired) electrons. The summed E-state index contributed by atoms with van der Waals surface area (Å²) in [4.78, 5) is 16.8. The zero-order valence-corrected chi connectivity index (χ0v) is 11.8. The Balaban J connectivity index is 1.90. The number of hydrogen-bond acceptors (Lipinski definition) is 8. The van der Waals surface area contributed by atoms with E-state index in [0.29, 0.717) is 23.1 Å². The maximum absolute atomic E-state index is 5.37. The second-order valence-electron chi connectivity index (χ2n) is 4.77. The number of aryl methyl sites for hydroxylation is 2. The summed E-state index contributed by atoms with van der Waals surface area (Å²) < 4.78 is 10.6. The lowest BCUT2D eigenvalue weighted by Gasteiger charge is -1.98. The predicted molar refractivity (Wildman–Crippen MR) is 75.6 cm³/mol. The van der Waals surface area contributed by atoms with Crippen molar-refractivity contribution in [3.05, 3.63) is 36.0 Å². The minimum atomic E-state index is 0.363. The van der Waals surface area contributed by atoms with E-state index in [9.17, 15) is 0 Å². The number of rotatable bonds is 2. The maximum atomic E-state index is 5.37. The molecule has 0 aromatic carbocycles. The first kappa shape index (κ1) is 12.6. The molecule has 0 aliphatic carbocycles. The molecule has 4 rings (SSSR count). The van der Waals surface area contributed by atoms with Gasteiger partial charge in [0, 0.05) is 18.1 Å². The molecule has 0 fully saturated rings. The molecule has 0 unspecified atom stereocenters. The Labute approximate surface area is 124 Å². The summed E-state index contributed by atoms with van der Waals surface area (Å²) >= 11 is 0. The number of pyridine rings is 1. The van der Waals surface area contributed by atoms with Gasteiger partial charge in [-0.1, -0.05) is 10.3 Å². The highest BCUT2D eigenvalue weighted by atomic mass is 16.5. The standard InChI is InChI=1S/C14H10N6O2/c1-7-5-9(11-8(2)19-22-14(11)17-7)13-18-12(20-21-13)10-6-15-3-4-16-10/h3-6H,1-2H3. The third-order valence-corrected chi connectivity index (χ3v) is 3.19. The van der Waals surface area contributed by atoms with E-state index in [0.717, 1.165) is 22.3 Å². The third kappa shape index (κ3) is 1.93. The molecule has 108 valence electrons. The smallest absolute Gasteiger partial charge is 0.259 e. The van der Waals surface area contributed by atoms with E-state index >= 15 is 0 Å². The number of aromatic nitrogens is 6. The summed E-state index contributed by atoms with van der Waals surface area (Å²) in [7, 11) is 0. The molecule has 4 heterocycles. The second kappa shape index (κ2) is 4.69. The summed E-state index contributed by atoms with van der Waals surface area (Å²) in [5.41, 5.74) is 3.23. The molecule has 8 nitrogen and oxygen atoms in total. The SMILES string of the molecule is Cc1cc(-c2nc(-c3cnccn3)no2)c2c(C)noc2n1. The molecular weight excluding hydrogens is 284 g/mol. The van der Waals surface area contributed by atoms with Crippen molar-refractivity contribution in [2.45, 2.75) is 13.8 Å². The maximum Gasteiger partial charge on any atom is 0.259 e. The second-order valence-corrected chi connectivity index (χ2v) is 4.77. The van der Waals surface area contributed by atoms with Crippen molar-refractivity contribution < 1.29 is 9.05 Å². The van der Waals surface area contributed by atoms with Gasteiger partial charge in [0.2, 0.25) is 5.82 Å². The average molecular weight is 294 g/mol. The fraction of sp³-hybridized carbons (Fsp3) is 0.143. The van der Waals surface area contributed by atoms with Crippen molar-refractivity contribution in [2.24, 2.45) is 0 Å². The topological polar surface area (TPSA) is 104 Å². The highest BCUT2D eigenvalue weighted by molar-refractivity contribution is 5.91. The molecule has 0 aliphatic rings. The Bertz CT molecular complexity index is 960. The highest BCUT2D eigenvalue weighted by Crippen LogP contribution is 2.30. The molecule has 0 spiro atoms. The first-order valence-electron chi connectivity index (χ1n) is 6.56. The average Bonchev–Trinajstić information content (AvgIpc) is 3.15. The van der Waals surface area contributed by atoms with Gasteiger partial charge < -0.3 is 9.05 Å². The van der Waals surface area contributed by atoms with Gasteiger partial charge in [0.05, 0.1) is 22.8 Å². The summed E-state index contributed by atoms with van der Waals surface area (Å²) in [6.07, 6.45) is 4.73. The highest BCUT2D eigenvalue weighted by Gasteiger charge is 2.19. The van der Waals surface area contributed by atoms with Crippen LogP contribution in [0.3, 0.4) is 0 Å². The van der Waals surface area contributed by atoms with Crippen molar-refractivity contribution in [1.82, 2.24) is 30.2 Å². The van der Waals surface area contributed by atoms with Crippen LogP contribution in [0, 0.1) is 13.8 Å². The molecule has 0 aliphatic heterocycles. The minimum Gasteiger partial charge on any atom is -0.336 e. The first-order valence-corrected chi connectivity index (χ1v) is 6.56. The van der Waals surface area contributed by atoms with Gasteiger partial charge in [0.15, 0.2) is 0 Å². The molecule has 0 atom stereocenters. The van der Waals surface area contributed by atoms with E-state index < -0.39 is 0 Å². The molecule has 0 saturated carbocycles. The Kier molecular flexibility index (Phi) is 2.68. The van der Waals surface area contributed by atoms with Crippen LogP contribution in [0.15, 0.2) is 33.7 Å². The van der Waals surface area contributed by atoms with E-state index in [1.54, 1.807) is 18.6 Å². The first-order chi connectivity index (χ1) is 10.7. The van der Waals surface area contributed by atoms with Gasteiger partial charge in [-0.2, -0.15) is 4.98 Å². The molecule has 8 heteroatoms. The Hall–Kier alpha value is -3.16. The molecule has 4 aromatic rings. The van der Waals surface area contributed by atoms with Gasteiger partial charge in [0.1, 0.15) is 5.69 Å². The van der Waals surface area contributed by atoms with Gasteiger partial charge in [-0.15, -0.1) is 0 Å². The normalized spacial score (nSPS) is 11.2. The molecule has 0 N–H and O–H groups in total. The van der Waals surface area contributed by atoms with Gasteiger partial charge in [-0.25, -0.2) is 9.97 Å². The van der Waals surface area contributed by atoms with Crippen molar-refractivity contribution in [1.29, 1.82) is 0 Å². The lowest BCUT2D eigenvalue weighted by molar-refractivity contribution is 0.432. The van der Waals surface area contributed by atoms with E-state index in [-0.39, 0.29) is 0 Å². The van der Waals surface area contributed by atoms with Crippen LogP contribution < -0.4 is 0 Å². The third-order valence-electron chi connectivity index (χ3n) is 3.19. The van der Waals surface area contributed by atoms with Crippen LogP contribution >= 0.6 is 0 Å². The van der Waals surface area contributed by atoms with Gasteiger partial charge in [-0.3, -0.25) is 4.98 Å². The molecule has 0 bridgehead atoms. The van der Waals surface area contributed by atoms with Crippen LogP contribution in [0.4, 0.5) is 0 Å². The fourth-order valence-electron chi connectivity index (χ4n) is 2.24. The Morgan fingerprint density at radius 1 is 1.00 bits per heavy atom. The van der Waals surface area contributed by atoms with Gasteiger partial charge in [0.25, 0.3) is 11.6 Å². The molecular formula is C14H10N6O2. The minimum absolute atomic E-state index is 0.363.